The third kappa shape index (κ3) is 5.55. The Balaban J connectivity index is 1.40. The van der Waals surface area contributed by atoms with Crippen molar-refractivity contribution in [2.45, 2.75) is 19.6 Å². The molecule has 0 atom stereocenters. The second-order valence-corrected chi connectivity index (χ2v) is 9.58. The van der Waals surface area contributed by atoms with Gasteiger partial charge in [-0.3, -0.25) is 28.8 Å². The second-order valence-electron chi connectivity index (χ2n) is 9.17. The van der Waals surface area contributed by atoms with Crippen LogP contribution in [0.4, 0.5) is 5.69 Å². The van der Waals surface area contributed by atoms with Gasteiger partial charge in [-0.15, -0.1) is 0 Å². The summed E-state index contributed by atoms with van der Waals surface area (Å²) in [5, 5.41) is 14.8. The van der Waals surface area contributed by atoms with Crippen molar-refractivity contribution >= 4 is 34.1 Å². The number of halogens is 1. The number of aromatic nitrogens is 2. The number of benzene rings is 4. The van der Waals surface area contributed by atoms with Gasteiger partial charge in [0.15, 0.2) is 0 Å². The van der Waals surface area contributed by atoms with Crippen molar-refractivity contribution in [2.24, 2.45) is 0 Å². The van der Waals surface area contributed by atoms with E-state index in [0.29, 0.717) is 32.6 Å². The number of para-hydroxylation sites is 1. The lowest BCUT2D eigenvalue weighted by Gasteiger charge is -2.14. The van der Waals surface area contributed by atoms with Gasteiger partial charge in [0.1, 0.15) is 0 Å². The number of fused-ring (bicyclic) bond motifs is 1. The van der Waals surface area contributed by atoms with Crippen molar-refractivity contribution in [1.29, 1.82) is 0 Å². The molecule has 40 heavy (non-hydrogen) atoms. The standard InChI is InChI=1S/C30H23ClN4O5/c31-26-7-3-1-5-23(26)17-32-28(36)22-13-9-20(10-14-22)19-34-29(37)25-6-2-4-8-27(25)33(30(34)38)18-21-11-15-24(16-12-21)35(39)40/h1-16H,17-19H2,(H,32,36). The summed E-state index contributed by atoms with van der Waals surface area (Å²) in [5.41, 5.74) is 2.05. The normalized spacial score (nSPS) is 10.9. The molecule has 10 heteroatoms. The lowest BCUT2D eigenvalue weighted by atomic mass is 10.1. The molecular formula is C30H23ClN4O5. The molecule has 4 aromatic carbocycles. The SMILES string of the molecule is O=C(NCc1ccccc1Cl)c1ccc(Cn2c(=O)c3ccccc3n(Cc3ccc([N+](=O)[O-])cc3)c2=O)cc1. The zero-order valence-electron chi connectivity index (χ0n) is 21.1. The first kappa shape index (κ1) is 26.6. The predicted molar refractivity (Wildman–Crippen MR) is 153 cm³/mol. The zero-order valence-corrected chi connectivity index (χ0v) is 21.9. The van der Waals surface area contributed by atoms with Crippen LogP contribution in [0.15, 0.2) is 107 Å². The smallest absolute Gasteiger partial charge is 0.332 e. The number of non-ortho nitro benzene ring substituents is 1. The number of nitro groups is 1. The molecule has 0 saturated heterocycles. The summed E-state index contributed by atoms with van der Waals surface area (Å²) in [6.45, 7) is 0.410. The number of nitrogens with zero attached hydrogens (tertiary/aromatic N) is 3. The van der Waals surface area contributed by atoms with Crippen LogP contribution in [0.3, 0.4) is 0 Å². The number of amides is 1. The monoisotopic (exact) mass is 554 g/mol. The first-order valence-corrected chi connectivity index (χ1v) is 12.8. The summed E-state index contributed by atoms with van der Waals surface area (Å²) in [4.78, 5) is 50.0. The summed E-state index contributed by atoms with van der Waals surface area (Å²) < 4.78 is 2.63. The van der Waals surface area contributed by atoms with E-state index in [4.69, 9.17) is 11.6 Å². The van der Waals surface area contributed by atoms with Crippen LogP contribution in [0.5, 0.6) is 0 Å². The molecule has 200 valence electrons. The van der Waals surface area contributed by atoms with E-state index in [1.165, 1.54) is 16.7 Å². The highest BCUT2D eigenvalue weighted by Crippen LogP contribution is 2.16. The van der Waals surface area contributed by atoms with Gasteiger partial charge in [-0.05, 0) is 47.0 Å². The quantitative estimate of drug-likeness (QED) is 0.219. The Labute approximate surface area is 233 Å². The number of hydrogen-bond donors (Lipinski definition) is 1. The Bertz CT molecular complexity index is 1840. The molecule has 1 aromatic heterocycles. The fourth-order valence-corrected chi connectivity index (χ4v) is 4.63. The Morgan fingerprint density at radius 2 is 1.40 bits per heavy atom. The van der Waals surface area contributed by atoms with Crippen molar-refractivity contribution in [2.75, 3.05) is 0 Å². The molecule has 9 nitrogen and oxygen atoms in total. The van der Waals surface area contributed by atoms with Gasteiger partial charge >= 0.3 is 5.69 Å². The number of nitrogens with one attached hydrogen (secondary N) is 1. The molecule has 0 aliphatic heterocycles. The molecule has 0 spiro atoms. The van der Waals surface area contributed by atoms with Crippen LogP contribution in [0.2, 0.25) is 5.02 Å². The minimum atomic E-state index is -0.511. The molecular weight excluding hydrogens is 532 g/mol. The Kier molecular flexibility index (Phi) is 7.56. The summed E-state index contributed by atoms with van der Waals surface area (Å²) in [6, 6.07) is 26.7. The van der Waals surface area contributed by atoms with Crippen LogP contribution in [-0.4, -0.2) is 20.0 Å². The predicted octanol–water partition coefficient (Wildman–Crippen LogP) is 4.75. The van der Waals surface area contributed by atoms with Gasteiger partial charge in [0.05, 0.1) is 28.9 Å². The highest BCUT2D eigenvalue weighted by atomic mass is 35.5. The Hall–Kier alpha value is -5.02. The van der Waals surface area contributed by atoms with Crippen molar-refractivity contribution in [1.82, 2.24) is 14.5 Å². The highest BCUT2D eigenvalue weighted by Gasteiger charge is 2.15. The van der Waals surface area contributed by atoms with Gasteiger partial charge in [-0.2, -0.15) is 0 Å². The van der Waals surface area contributed by atoms with E-state index in [-0.39, 0.29) is 31.2 Å². The lowest BCUT2D eigenvalue weighted by Crippen LogP contribution is -2.40. The average Bonchev–Trinajstić information content (AvgIpc) is 2.97. The van der Waals surface area contributed by atoms with E-state index in [1.54, 1.807) is 66.7 Å². The van der Waals surface area contributed by atoms with E-state index < -0.39 is 16.2 Å². The van der Waals surface area contributed by atoms with Crippen molar-refractivity contribution < 1.29 is 9.72 Å². The molecule has 0 fully saturated rings. The molecule has 0 aliphatic rings. The third-order valence-electron chi connectivity index (χ3n) is 6.57. The maximum atomic E-state index is 13.6. The number of carbonyl (C=O) groups excluding carboxylic acids is 1. The largest absolute Gasteiger partial charge is 0.348 e. The highest BCUT2D eigenvalue weighted by molar-refractivity contribution is 6.31. The molecule has 1 heterocycles. The maximum absolute atomic E-state index is 13.6. The average molecular weight is 555 g/mol. The first-order valence-electron chi connectivity index (χ1n) is 12.4. The van der Waals surface area contributed by atoms with Crippen LogP contribution >= 0.6 is 11.6 Å². The molecule has 0 unspecified atom stereocenters. The molecule has 0 saturated carbocycles. The summed E-state index contributed by atoms with van der Waals surface area (Å²) in [7, 11) is 0. The van der Waals surface area contributed by atoms with E-state index in [2.05, 4.69) is 5.32 Å². The van der Waals surface area contributed by atoms with E-state index >= 15 is 0 Å². The lowest BCUT2D eigenvalue weighted by molar-refractivity contribution is -0.384. The van der Waals surface area contributed by atoms with E-state index in [0.717, 1.165) is 10.1 Å². The van der Waals surface area contributed by atoms with Crippen LogP contribution in [0.25, 0.3) is 10.9 Å². The molecule has 0 aliphatic carbocycles. The molecule has 1 amide bonds. The zero-order chi connectivity index (χ0) is 28.2. The molecule has 1 N–H and O–H groups in total. The summed E-state index contributed by atoms with van der Waals surface area (Å²) >= 11 is 6.16. The van der Waals surface area contributed by atoms with Gasteiger partial charge in [0.2, 0.25) is 0 Å². The van der Waals surface area contributed by atoms with Gasteiger partial charge in [-0.1, -0.05) is 66.2 Å². The minimum absolute atomic E-state index is 0.00425. The molecule has 5 rings (SSSR count). The second kappa shape index (κ2) is 11.4. The fourth-order valence-electron chi connectivity index (χ4n) is 4.43. The molecule has 0 radical (unpaired) electrons. The van der Waals surface area contributed by atoms with Crippen LogP contribution in [-0.2, 0) is 19.6 Å². The number of hydrogen-bond acceptors (Lipinski definition) is 5. The van der Waals surface area contributed by atoms with Crippen LogP contribution < -0.4 is 16.6 Å². The van der Waals surface area contributed by atoms with Crippen molar-refractivity contribution in [3.63, 3.8) is 0 Å². The topological polar surface area (TPSA) is 116 Å². The maximum Gasteiger partial charge on any atom is 0.332 e. The fraction of sp³-hybridized carbons (Fsp3) is 0.100. The summed E-state index contributed by atoms with van der Waals surface area (Å²) in [6.07, 6.45) is 0. The summed E-state index contributed by atoms with van der Waals surface area (Å²) in [5.74, 6) is -0.278. The van der Waals surface area contributed by atoms with E-state index in [1.807, 2.05) is 18.2 Å². The Morgan fingerprint density at radius 3 is 2.08 bits per heavy atom. The van der Waals surface area contributed by atoms with E-state index in [9.17, 15) is 24.5 Å². The number of nitro benzene ring substituents is 1. The van der Waals surface area contributed by atoms with Gasteiger partial charge in [-0.25, -0.2) is 4.79 Å². The third-order valence-corrected chi connectivity index (χ3v) is 6.94. The number of carbonyl (C=O) groups is 1. The first-order chi connectivity index (χ1) is 19.3. The van der Waals surface area contributed by atoms with Gasteiger partial charge in [0.25, 0.3) is 17.2 Å². The number of rotatable bonds is 8. The van der Waals surface area contributed by atoms with Crippen LogP contribution in [0.1, 0.15) is 27.0 Å². The molecule has 5 aromatic rings. The van der Waals surface area contributed by atoms with Gasteiger partial charge in [0, 0.05) is 29.3 Å². The van der Waals surface area contributed by atoms with Gasteiger partial charge < -0.3 is 5.32 Å². The van der Waals surface area contributed by atoms with Crippen LogP contribution in [0, 0.1) is 10.1 Å². The molecule has 0 bridgehead atoms. The van der Waals surface area contributed by atoms with Crippen molar-refractivity contribution in [3.05, 3.63) is 155 Å². The van der Waals surface area contributed by atoms with Crippen molar-refractivity contribution in [3.8, 4) is 0 Å². The Morgan fingerprint density at radius 1 is 0.800 bits per heavy atom. The minimum Gasteiger partial charge on any atom is -0.348 e.